The van der Waals surface area contributed by atoms with Crippen molar-refractivity contribution in [2.45, 2.75) is 13.5 Å². The number of nitriles is 1. The molecule has 3 aromatic rings. The molecule has 168 valence electrons. The van der Waals surface area contributed by atoms with Gasteiger partial charge in [-0.2, -0.15) is 5.26 Å². The average molecular weight is 546 g/mol. The Balaban J connectivity index is 1.77. The molecule has 0 saturated heterocycles. The van der Waals surface area contributed by atoms with Crippen LogP contribution in [-0.4, -0.2) is 12.5 Å². The lowest BCUT2D eigenvalue weighted by molar-refractivity contribution is -0.112. The predicted octanol–water partition coefficient (Wildman–Crippen LogP) is 7.28. The van der Waals surface area contributed by atoms with E-state index in [4.69, 9.17) is 32.7 Å². The van der Waals surface area contributed by atoms with E-state index in [1.54, 1.807) is 54.6 Å². The van der Waals surface area contributed by atoms with E-state index in [0.29, 0.717) is 39.4 Å². The molecule has 0 aliphatic rings. The highest BCUT2D eigenvalue weighted by atomic mass is 79.9. The molecule has 0 aromatic heterocycles. The maximum absolute atomic E-state index is 12.5. The van der Waals surface area contributed by atoms with Crippen LogP contribution in [0.15, 0.2) is 70.7 Å². The topological polar surface area (TPSA) is 71.3 Å². The van der Waals surface area contributed by atoms with Crippen molar-refractivity contribution in [3.05, 3.63) is 91.9 Å². The van der Waals surface area contributed by atoms with Crippen molar-refractivity contribution < 1.29 is 14.3 Å². The summed E-state index contributed by atoms with van der Waals surface area (Å²) < 4.78 is 12.5. The molecule has 0 spiro atoms. The minimum Gasteiger partial charge on any atom is -0.490 e. The van der Waals surface area contributed by atoms with Crippen molar-refractivity contribution in [2.24, 2.45) is 0 Å². The molecule has 0 fully saturated rings. The number of ether oxygens (including phenoxy) is 2. The first-order chi connectivity index (χ1) is 15.9. The normalized spacial score (nSPS) is 10.9. The maximum Gasteiger partial charge on any atom is 0.266 e. The van der Waals surface area contributed by atoms with Crippen LogP contribution in [0, 0.1) is 11.3 Å². The second kappa shape index (κ2) is 11.8. The first kappa shape index (κ1) is 24.7. The van der Waals surface area contributed by atoms with Crippen molar-refractivity contribution in [2.75, 3.05) is 11.9 Å². The quantitative estimate of drug-likeness (QED) is 0.238. The van der Waals surface area contributed by atoms with Gasteiger partial charge in [-0.3, -0.25) is 4.79 Å². The Labute approximate surface area is 210 Å². The highest BCUT2D eigenvalue weighted by molar-refractivity contribution is 9.10. The van der Waals surface area contributed by atoms with Crippen LogP contribution in [0.1, 0.15) is 18.1 Å². The summed E-state index contributed by atoms with van der Waals surface area (Å²) in [5.74, 6) is 0.521. The Morgan fingerprint density at radius 2 is 1.79 bits per heavy atom. The van der Waals surface area contributed by atoms with Crippen molar-refractivity contribution in [1.29, 1.82) is 5.26 Å². The largest absolute Gasteiger partial charge is 0.490 e. The molecule has 0 unspecified atom stereocenters. The Kier molecular flexibility index (Phi) is 8.79. The first-order valence-electron chi connectivity index (χ1n) is 9.92. The number of nitrogens with one attached hydrogen (secondary N) is 1. The van der Waals surface area contributed by atoms with Crippen molar-refractivity contribution in [3.8, 4) is 17.6 Å². The van der Waals surface area contributed by atoms with Crippen LogP contribution in [-0.2, 0) is 11.4 Å². The fourth-order valence-corrected chi connectivity index (χ4v) is 3.42. The van der Waals surface area contributed by atoms with Gasteiger partial charge in [-0.1, -0.05) is 51.3 Å². The zero-order chi connectivity index (χ0) is 23.8. The zero-order valence-electron chi connectivity index (χ0n) is 17.6. The summed E-state index contributed by atoms with van der Waals surface area (Å²) in [6.07, 6.45) is 1.50. The molecule has 0 radical (unpaired) electrons. The van der Waals surface area contributed by atoms with Gasteiger partial charge in [0.15, 0.2) is 11.5 Å². The van der Waals surface area contributed by atoms with Crippen LogP contribution in [0.5, 0.6) is 11.5 Å². The summed E-state index contributed by atoms with van der Waals surface area (Å²) in [4.78, 5) is 12.5. The predicted molar refractivity (Wildman–Crippen MR) is 135 cm³/mol. The number of anilines is 1. The molecule has 3 rings (SSSR count). The number of rotatable bonds is 8. The summed E-state index contributed by atoms with van der Waals surface area (Å²) in [7, 11) is 0. The highest BCUT2D eigenvalue weighted by Crippen LogP contribution is 2.31. The number of hydrogen-bond donors (Lipinski definition) is 1. The van der Waals surface area contributed by atoms with Gasteiger partial charge in [0.25, 0.3) is 5.91 Å². The van der Waals surface area contributed by atoms with Gasteiger partial charge < -0.3 is 14.8 Å². The molecule has 33 heavy (non-hydrogen) atoms. The number of carbonyl (C=O) groups is 1. The van der Waals surface area contributed by atoms with Crippen LogP contribution in [0.2, 0.25) is 10.0 Å². The Bertz CT molecular complexity index is 1220. The molecule has 0 atom stereocenters. The van der Waals surface area contributed by atoms with Crippen LogP contribution < -0.4 is 14.8 Å². The van der Waals surface area contributed by atoms with Gasteiger partial charge in [-0.25, -0.2) is 0 Å². The van der Waals surface area contributed by atoms with E-state index in [1.165, 1.54) is 6.08 Å². The molecule has 8 heteroatoms. The molecule has 0 aliphatic carbocycles. The zero-order valence-corrected chi connectivity index (χ0v) is 20.7. The van der Waals surface area contributed by atoms with Gasteiger partial charge in [0.2, 0.25) is 0 Å². The Hall–Kier alpha value is -2.98. The number of halogens is 3. The third kappa shape index (κ3) is 7.00. The molecule has 0 bridgehead atoms. The van der Waals surface area contributed by atoms with Crippen molar-refractivity contribution in [1.82, 2.24) is 0 Å². The SMILES string of the molecule is CCOc1cc(/C=C(/C#N)C(=O)Nc2ccc(Br)cc2)ccc1OCc1ccc(Cl)c(Cl)c1. The van der Waals surface area contributed by atoms with Gasteiger partial charge in [0.1, 0.15) is 18.2 Å². The summed E-state index contributed by atoms with van der Waals surface area (Å²) >= 11 is 15.4. The molecule has 3 aromatic carbocycles. The van der Waals surface area contributed by atoms with Gasteiger partial charge in [-0.15, -0.1) is 0 Å². The summed E-state index contributed by atoms with van der Waals surface area (Å²) in [5, 5.41) is 13.1. The van der Waals surface area contributed by atoms with Gasteiger partial charge in [0.05, 0.1) is 16.7 Å². The average Bonchev–Trinajstić information content (AvgIpc) is 2.80. The molecule has 1 amide bonds. The van der Waals surface area contributed by atoms with Gasteiger partial charge in [0, 0.05) is 10.2 Å². The number of benzene rings is 3. The summed E-state index contributed by atoms with van der Waals surface area (Å²) in [5.41, 5.74) is 2.03. The van der Waals surface area contributed by atoms with Gasteiger partial charge in [-0.05, 0) is 72.7 Å². The van der Waals surface area contributed by atoms with Crippen molar-refractivity contribution in [3.63, 3.8) is 0 Å². The highest BCUT2D eigenvalue weighted by Gasteiger charge is 2.12. The second-order valence-corrected chi connectivity index (χ2v) is 8.54. The fraction of sp³-hybridized carbons (Fsp3) is 0.120. The van der Waals surface area contributed by atoms with E-state index in [2.05, 4.69) is 21.2 Å². The lowest BCUT2D eigenvalue weighted by atomic mass is 10.1. The van der Waals surface area contributed by atoms with E-state index < -0.39 is 5.91 Å². The Morgan fingerprint density at radius 3 is 2.45 bits per heavy atom. The van der Waals surface area contributed by atoms with Crippen molar-refractivity contribution >= 4 is 56.8 Å². The van der Waals surface area contributed by atoms with Gasteiger partial charge >= 0.3 is 0 Å². The smallest absolute Gasteiger partial charge is 0.266 e. The minimum absolute atomic E-state index is 0.0372. The Morgan fingerprint density at radius 1 is 1.03 bits per heavy atom. The standard InChI is InChI=1S/C25H19BrCl2N2O3/c1-2-32-24-13-16(4-10-23(24)33-15-17-3-9-21(27)22(28)12-17)11-18(14-29)25(31)30-20-7-5-19(26)6-8-20/h3-13H,2,15H2,1H3,(H,30,31)/b18-11-. The minimum atomic E-state index is -0.502. The fourth-order valence-electron chi connectivity index (χ4n) is 2.84. The lowest BCUT2D eigenvalue weighted by Crippen LogP contribution is -2.13. The van der Waals surface area contributed by atoms with E-state index in [0.717, 1.165) is 10.0 Å². The molecular weight excluding hydrogens is 527 g/mol. The molecule has 0 aliphatic heterocycles. The number of hydrogen-bond acceptors (Lipinski definition) is 4. The lowest BCUT2D eigenvalue weighted by Gasteiger charge is -2.13. The molecule has 1 N–H and O–H groups in total. The van der Waals surface area contributed by atoms with E-state index in [-0.39, 0.29) is 12.2 Å². The third-order valence-corrected chi connectivity index (χ3v) is 5.69. The second-order valence-electron chi connectivity index (χ2n) is 6.81. The number of nitrogens with zero attached hydrogens (tertiary/aromatic N) is 1. The monoisotopic (exact) mass is 544 g/mol. The van der Waals surface area contributed by atoms with E-state index in [1.807, 2.05) is 19.1 Å². The van der Waals surface area contributed by atoms with Crippen LogP contribution in [0.25, 0.3) is 6.08 Å². The molecule has 0 saturated carbocycles. The van der Waals surface area contributed by atoms with Crippen LogP contribution in [0.4, 0.5) is 5.69 Å². The third-order valence-electron chi connectivity index (χ3n) is 4.42. The maximum atomic E-state index is 12.5. The number of amides is 1. The first-order valence-corrected chi connectivity index (χ1v) is 11.5. The van der Waals surface area contributed by atoms with Crippen LogP contribution in [0.3, 0.4) is 0 Å². The van der Waals surface area contributed by atoms with E-state index >= 15 is 0 Å². The summed E-state index contributed by atoms with van der Waals surface area (Å²) in [6, 6.07) is 19.5. The number of carbonyl (C=O) groups excluding carboxylic acids is 1. The summed E-state index contributed by atoms with van der Waals surface area (Å²) in [6.45, 7) is 2.55. The van der Waals surface area contributed by atoms with Crippen LogP contribution >= 0.6 is 39.1 Å². The molecule has 0 heterocycles. The molecular formula is C25H19BrCl2N2O3. The van der Waals surface area contributed by atoms with E-state index in [9.17, 15) is 10.1 Å². The molecule has 5 nitrogen and oxygen atoms in total.